The number of aryl methyl sites for hydroxylation is 1. The Morgan fingerprint density at radius 2 is 1.42 bits per heavy atom. The fraction of sp³-hybridized carbons (Fsp3) is 0.0833. The van der Waals surface area contributed by atoms with E-state index in [-0.39, 0.29) is 23.3 Å². The molecule has 0 saturated carbocycles. The van der Waals surface area contributed by atoms with Crippen LogP contribution >= 0.6 is 11.8 Å². The molecular weight excluding hydrogens is 410 g/mol. The SMILES string of the molecule is Cc1ccc(-n2c(SCN3C(=O)c4ccccc4C3=O)nc3ccccc3c2=O)cc1. The maximum Gasteiger partial charge on any atom is 0.266 e. The van der Waals surface area contributed by atoms with E-state index >= 15 is 0 Å². The summed E-state index contributed by atoms with van der Waals surface area (Å²) in [5.74, 6) is -0.612. The Bertz CT molecular complexity index is 1380. The van der Waals surface area contributed by atoms with E-state index in [9.17, 15) is 14.4 Å². The van der Waals surface area contributed by atoms with Gasteiger partial charge in [0.2, 0.25) is 0 Å². The van der Waals surface area contributed by atoms with Crippen molar-refractivity contribution < 1.29 is 9.59 Å². The first kappa shape index (κ1) is 19.3. The van der Waals surface area contributed by atoms with Crippen LogP contribution < -0.4 is 5.56 Å². The summed E-state index contributed by atoms with van der Waals surface area (Å²) in [5, 5.41) is 0.928. The molecule has 0 spiro atoms. The standard InChI is InChI=1S/C24H17N3O3S/c1-15-10-12-16(13-11-15)27-23(30)19-8-4-5-9-20(19)25-24(27)31-14-26-21(28)17-6-2-3-7-18(17)22(26)29/h2-13H,14H2,1H3. The van der Waals surface area contributed by atoms with Crippen molar-refractivity contribution in [3.8, 4) is 5.69 Å². The fourth-order valence-corrected chi connectivity index (χ4v) is 4.57. The molecule has 152 valence electrons. The summed E-state index contributed by atoms with van der Waals surface area (Å²) in [4.78, 5) is 44.6. The van der Waals surface area contributed by atoms with Crippen molar-refractivity contribution in [3.05, 3.63) is 99.8 Å². The van der Waals surface area contributed by atoms with Crippen molar-refractivity contribution in [2.75, 3.05) is 5.88 Å². The first-order chi connectivity index (χ1) is 15.0. The second-order valence-corrected chi connectivity index (χ2v) is 8.16. The van der Waals surface area contributed by atoms with Crippen LogP contribution in [0.15, 0.2) is 82.7 Å². The van der Waals surface area contributed by atoms with Gasteiger partial charge in [-0.25, -0.2) is 4.98 Å². The van der Waals surface area contributed by atoms with Crippen LogP contribution in [0, 0.1) is 6.92 Å². The van der Waals surface area contributed by atoms with E-state index in [0.29, 0.717) is 32.9 Å². The first-order valence-electron chi connectivity index (χ1n) is 9.71. The molecule has 7 heteroatoms. The van der Waals surface area contributed by atoms with Gasteiger partial charge in [0.1, 0.15) is 0 Å². The van der Waals surface area contributed by atoms with E-state index in [1.165, 1.54) is 21.2 Å². The monoisotopic (exact) mass is 427 g/mol. The second-order valence-electron chi connectivity index (χ2n) is 7.24. The number of amides is 2. The molecule has 1 aliphatic rings. The Hall–Kier alpha value is -3.71. The number of rotatable bonds is 4. The summed E-state index contributed by atoms with van der Waals surface area (Å²) in [6, 6.07) is 21.5. The van der Waals surface area contributed by atoms with Gasteiger partial charge in [-0.05, 0) is 43.3 Å². The molecule has 1 aromatic heterocycles. The van der Waals surface area contributed by atoms with E-state index in [0.717, 1.165) is 5.56 Å². The average Bonchev–Trinajstić information content (AvgIpc) is 3.03. The first-order valence-corrected chi connectivity index (χ1v) is 10.7. The van der Waals surface area contributed by atoms with Crippen LogP contribution in [-0.2, 0) is 0 Å². The third-order valence-electron chi connectivity index (χ3n) is 5.24. The van der Waals surface area contributed by atoms with Gasteiger partial charge in [0.05, 0.1) is 33.6 Å². The normalized spacial score (nSPS) is 13.1. The molecule has 0 bridgehead atoms. The van der Waals surface area contributed by atoms with E-state index in [2.05, 4.69) is 4.98 Å². The summed E-state index contributed by atoms with van der Waals surface area (Å²) >= 11 is 1.19. The van der Waals surface area contributed by atoms with Crippen LogP contribution in [0.1, 0.15) is 26.3 Å². The highest BCUT2D eigenvalue weighted by atomic mass is 32.2. The lowest BCUT2D eigenvalue weighted by Crippen LogP contribution is -2.30. The molecular formula is C24H17N3O3S. The molecule has 0 radical (unpaired) electrons. The van der Waals surface area contributed by atoms with Crippen LogP contribution in [0.4, 0.5) is 0 Å². The minimum absolute atomic E-state index is 0.0585. The second kappa shape index (κ2) is 7.52. The highest BCUT2D eigenvalue weighted by Crippen LogP contribution is 2.28. The molecule has 0 N–H and O–H groups in total. The zero-order valence-corrected chi connectivity index (χ0v) is 17.4. The number of para-hydroxylation sites is 1. The summed E-state index contributed by atoms with van der Waals surface area (Å²) in [6.45, 7) is 1.98. The number of nitrogens with zero attached hydrogens (tertiary/aromatic N) is 3. The lowest BCUT2D eigenvalue weighted by atomic mass is 10.1. The van der Waals surface area contributed by atoms with Crippen LogP contribution in [0.3, 0.4) is 0 Å². The molecule has 4 aromatic rings. The lowest BCUT2D eigenvalue weighted by Gasteiger charge is -2.16. The molecule has 0 saturated heterocycles. The molecule has 3 aromatic carbocycles. The van der Waals surface area contributed by atoms with E-state index in [1.807, 2.05) is 37.3 Å². The van der Waals surface area contributed by atoms with Gasteiger partial charge in [-0.3, -0.25) is 23.9 Å². The van der Waals surface area contributed by atoms with Gasteiger partial charge in [-0.2, -0.15) is 0 Å². The molecule has 0 atom stereocenters. The summed E-state index contributed by atoms with van der Waals surface area (Å²) in [7, 11) is 0. The van der Waals surface area contributed by atoms with Gasteiger partial charge >= 0.3 is 0 Å². The number of thioether (sulfide) groups is 1. The van der Waals surface area contributed by atoms with Crippen molar-refractivity contribution in [3.63, 3.8) is 0 Å². The molecule has 0 fully saturated rings. The number of fused-ring (bicyclic) bond motifs is 2. The molecule has 6 nitrogen and oxygen atoms in total. The van der Waals surface area contributed by atoms with Crippen LogP contribution in [0.25, 0.3) is 16.6 Å². The van der Waals surface area contributed by atoms with E-state index < -0.39 is 0 Å². The van der Waals surface area contributed by atoms with E-state index in [1.54, 1.807) is 42.5 Å². The predicted octanol–water partition coefficient (Wildman–Crippen LogP) is 4.04. The van der Waals surface area contributed by atoms with Gasteiger partial charge in [0.25, 0.3) is 17.4 Å². The third-order valence-corrected chi connectivity index (χ3v) is 6.16. The quantitative estimate of drug-likeness (QED) is 0.279. The molecule has 31 heavy (non-hydrogen) atoms. The molecule has 5 rings (SSSR count). The molecule has 2 amide bonds. The van der Waals surface area contributed by atoms with E-state index in [4.69, 9.17) is 0 Å². The Morgan fingerprint density at radius 1 is 0.806 bits per heavy atom. The molecule has 2 heterocycles. The number of aromatic nitrogens is 2. The zero-order chi connectivity index (χ0) is 21.5. The Morgan fingerprint density at radius 3 is 2.10 bits per heavy atom. The number of hydrogen-bond donors (Lipinski definition) is 0. The van der Waals surface area contributed by atoms with Gasteiger partial charge in [-0.15, -0.1) is 0 Å². The highest BCUT2D eigenvalue weighted by molar-refractivity contribution is 7.99. The van der Waals surface area contributed by atoms with Crippen LogP contribution in [0.5, 0.6) is 0 Å². The fourth-order valence-electron chi connectivity index (χ4n) is 3.61. The van der Waals surface area contributed by atoms with Crippen molar-refractivity contribution >= 4 is 34.5 Å². The third kappa shape index (κ3) is 3.23. The summed E-state index contributed by atoms with van der Waals surface area (Å²) < 4.78 is 1.53. The number of imide groups is 1. The predicted molar refractivity (Wildman–Crippen MR) is 120 cm³/mol. The maximum absolute atomic E-state index is 13.3. The highest BCUT2D eigenvalue weighted by Gasteiger charge is 2.35. The number of carbonyl (C=O) groups excluding carboxylic acids is 2. The van der Waals surface area contributed by atoms with Crippen molar-refractivity contribution in [1.82, 2.24) is 14.5 Å². The van der Waals surface area contributed by atoms with Crippen LogP contribution in [0.2, 0.25) is 0 Å². The molecule has 0 unspecified atom stereocenters. The number of benzene rings is 3. The smallest absolute Gasteiger partial charge is 0.266 e. The Labute approximate surface area is 182 Å². The summed E-state index contributed by atoms with van der Waals surface area (Å²) in [6.07, 6.45) is 0. The number of carbonyl (C=O) groups is 2. The Kier molecular flexibility index (Phi) is 4.67. The topological polar surface area (TPSA) is 72.3 Å². The van der Waals surface area contributed by atoms with Gasteiger partial charge < -0.3 is 0 Å². The van der Waals surface area contributed by atoms with Crippen molar-refractivity contribution in [2.24, 2.45) is 0 Å². The minimum Gasteiger partial charge on any atom is -0.269 e. The number of hydrogen-bond acceptors (Lipinski definition) is 5. The minimum atomic E-state index is -0.335. The molecule has 1 aliphatic heterocycles. The van der Waals surface area contributed by atoms with Gasteiger partial charge in [0, 0.05) is 0 Å². The van der Waals surface area contributed by atoms with Crippen molar-refractivity contribution in [2.45, 2.75) is 12.1 Å². The average molecular weight is 427 g/mol. The largest absolute Gasteiger partial charge is 0.269 e. The summed E-state index contributed by atoms with van der Waals surface area (Å²) in [5.41, 5.74) is 2.93. The maximum atomic E-state index is 13.3. The van der Waals surface area contributed by atoms with Crippen LogP contribution in [-0.4, -0.2) is 32.1 Å². The zero-order valence-electron chi connectivity index (χ0n) is 16.6. The van der Waals surface area contributed by atoms with Crippen molar-refractivity contribution in [1.29, 1.82) is 0 Å². The Balaban J connectivity index is 1.56. The van der Waals surface area contributed by atoms with Gasteiger partial charge in [-0.1, -0.05) is 53.7 Å². The lowest BCUT2D eigenvalue weighted by molar-refractivity contribution is 0.0684. The van der Waals surface area contributed by atoms with Gasteiger partial charge in [0.15, 0.2) is 5.16 Å². The molecule has 0 aliphatic carbocycles.